The number of alkyl halides is 3. The average molecular weight is 242 g/mol. The predicted molar refractivity (Wildman–Crippen MR) is 44.5 cm³/mol. The fourth-order valence-electron chi connectivity index (χ4n) is 0.880. The van der Waals surface area contributed by atoms with Crippen molar-refractivity contribution in [1.29, 1.82) is 0 Å². The van der Waals surface area contributed by atoms with E-state index in [0.29, 0.717) is 0 Å². The molecule has 0 bridgehead atoms. The molecule has 1 rings (SSSR count). The first kappa shape index (κ1) is 11.6. The van der Waals surface area contributed by atoms with Crippen molar-refractivity contribution in [2.24, 2.45) is 0 Å². The summed E-state index contributed by atoms with van der Waals surface area (Å²) in [5, 5.41) is 10.3. The van der Waals surface area contributed by atoms with Gasteiger partial charge in [-0.15, -0.1) is 8.78 Å². The Balaban J connectivity index is 3.18. The van der Waals surface area contributed by atoms with Crippen molar-refractivity contribution in [3.8, 4) is 5.75 Å². The van der Waals surface area contributed by atoms with Crippen LogP contribution in [0.5, 0.6) is 5.75 Å². The normalized spacial score (nSPS) is 11.2. The van der Waals surface area contributed by atoms with Gasteiger partial charge in [0.25, 0.3) is 0 Å². The molecule has 0 spiro atoms. The first-order valence-electron chi connectivity index (χ1n) is 3.50. The zero-order chi connectivity index (χ0) is 11.6. The lowest BCUT2D eigenvalue weighted by Crippen LogP contribution is -2.16. The smallest absolute Gasteiger partial charge is 0.412 e. The SMILES string of the molecule is O=[N+]([O-])c1c(F)cccc1OC(F)(F)Cl. The molecule has 0 atom stereocenters. The molecule has 0 radical (unpaired) electrons. The van der Waals surface area contributed by atoms with Crippen LogP contribution < -0.4 is 4.74 Å². The molecule has 0 aliphatic rings. The van der Waals surface area contributed by atoms with Crippen molar-refractivity contribution in [2.75, 3.05) is 0 Å². The molecular weight excluding hydrogens is 239 g/mol. The minimum Gasteiger partial charge on any atom is -0.412 e. The molecule has 0 amide bonds. The Bertz CT molecular complexity index is 394. The zero-order valence-electron chi connectivity index (χ0n) is 6.92. The van der Waals surface area contributed by atoms with Crippen LogP contribution >= 0.6 is 11.6 Å². The minimum absolute atomic E-state index is 0.747. The predicted octanol–water partition coefficient (Wildman–Crippen LogP) is 2.90. The monoisotopic (exact) mass is 241 g/mol. The molecule has 0 saturated heterocycles. The van der Waals surface area contributed by atoms with Gasteiger partial charge in [-0.05, 0) is 12.1 Å². The maximum atomic E-state index is 12.9. The second-order valence-corrected chi connectivity index (χ2v) is 2.83. The summed E-state index contributed by atoms with van der Waals surface area (Å²) < 4.78 is 41.0. The van der Waals surface area contributed by atoms with Gasteiger partial charge in [0, 0.05) is 11.6 Å². The summed E-state index contributed by atoms with van der Waals surface area (Å²) in [5.74, 6) is -2.21. The summed E-state index contributed by atoms with van der Waals surface area (Å²) in [6.07, 6.45) is 0. The number of rotatable bonds is 3. The van der Waals surface area contributed by atoms with Crippen molar-refractivity contribution in [2.45, 2.75) is 5.57 Å². The maximum absolute atomic E-state index is 12.9. The summed E-state index contributed by atoms with van der Waals surface area (Å²) >= 11 is 4.40. The summed E-state index contributed by atoms with van der Waals surface area (Å²) in [6, 6.07) is 2.55. The first-order valence-corrected chi connectivity index (χ1v) is 3.87. The van der Waals surface area contributed by atoms with Crippen molar-refractivity contribution < 1.29 is 22.8 Å². The fourth-order valence-corrected chi connectivity index (χ4v) is 0.963. The van der Waals surface area contributed by atoms with E-state index < -0.39 is 27.7 Å². The Kier molecular flexibility index (Phi) is 3.04. The number of nitrogens with zero attached hydrogens (tertiary/aromatic N) is 1. The van der Waals surface area contributed by atoms with E-state index >= 15 is 0 Å². The van der Waals surface area contributed by atoms with Gasteiger partial charge >= 0.3 is 11.3 Å². The third-order valence-corrected chi connectivity index (χ3v) is 1.44. The van der Waals surface area contributed by atoms with E-state index in [1.165, 1.54) is 0 Å². The third kappa shape index (κ3) is 2.98. The Hall–Kier alpha value is -1.50. The Labute approximate surface area is 86.4 Å². The number of hydrogen-bond donors (Lipinski definition) is 0. The van der Waals surface area contributed by atoms with Crippen LogP contribution in [0, 0.1) is 15.9 Å². The van der Waals surface area contributed by atoms with E-state index in [4.69, 9.17) is 0 Å². The summed E-state index contributed by atoms with van der Waals surface area (Å²) in [5.41, 5.74) is -5.31. The van der Waals surface area contributed by atoms with E-state index in [9.17, 15) is 23.3 Å². The van der Waals surface area contributed by atoms with Crippen LogP contribution in [0.25, 0.3) is 0 Å². The van der Waals surface area contributed by atoms with Crippen LogP contribution in [-0.2, 0) is 0 Å². The molecule has 0 N–H and O–H groups in total. The summed E-state index contributed by atoms with van der Waals surface area (Å²) in [7, 11) is 0. The molecule has 0 aliphatic heterocycles. The van der Waals surface area contributed by atoms with Crippen LogP contribution in [0.3, 0.4) is 0 Å². The molecular formula is C7H3ClF3NO3. The molecule has 0 fully saturated rings. The standard InChI is InChI=1S/C7H3ClF3NO3/c8-7(10,11)15-5-3-1-2-4(9)6(5)12(13)14/h1-3H. The molecule has 0 aliphatic carbocycles. The lowest BCUT2D eigenvalue weighted by Gasteiger charge is -2.10. The topological polar surface area (TPSA) is 52.4 Å². The van der Waals surface area contributed by atoms with E-state index in [0.717, 1.165) is 18.2 Å². The third-order valence-electron chi connectivity index (χ3n) is 1.36. The van der Waals surface area contributed by atoms with Gasteiger partial charge in [-0.25, -0.2) is 0 Å². The first-order chi connectivity index (χ1) is 6.81. The lowest BCUT2D eigenvalue weighted by molar-refractivity contribution is -0.389. The average Bonchev–Trinajstić information content (AvgIpc) is 1.99. The van der Waals surface area contributed by atoms with Crippen LogP contribution in [0.4, 0.5) is 18.9 Å². The van der Waals surface area contributed by atoms with Crippen LogP contribution in [-0.4, -0.2) is 10.5 Å². The van der Waals surface area contributed by atoms with Gasteiger partial charge in [0.1, 0.15) is 0 Å². The highest BCUT2D eigenvalue weighted by molar-refractivity contribution is 6.20. The molecule has 0 heterocycles. The number of halogens is 4. The van der Waals surface area contributed by atoms with Crippen molar-refractivity contribution in [1.82, 2.24) is 0 Å². The molecule has 15 heavy (non-hydrogen) atoms. The van der Waals surface area contributed by atoms with Crippen LogP contribution in [0.2, 0.25) is 0 Å². The maximum Gasteiger partial charge on any atom is 0.487 e. The summed E-state index contributed by atoms with van der Waals surface area (Å²) in [4.78, 5) is 9.15. The fraction of sp³-hybridized carbons (Fsp3) is 0.143. The van der Waals surface area contributed by atoms with E-state index in [1.807, 2.05) is 0 Å². The minimum atomic E-state index is -4.13. The molecule has 1 aromatic rings. The lowest BCUT2D eigenvalue weighted by atomic mass is 10.3. The number of hydrogen-bond acceptors (Lipinski definition) is 3. The molecule has 1 aromatic carbocycles. The van der Waals surface area contributed by atoms with Crippen molar-refractivity contribution in [3.63, 3.8) is 0 Å². The molecule has 0 saturated carbocycles. The number of benzene rings is 1. The van der Waals surface area contributed by atoms with Crippen molar-refractivity contribution >= 4 is 17.3 Å². The highest BCUT2D eigenvalue weighted by Crippen LogP contribution is 2.34. The Morgan fingerprint density at radius 1 is 1.47 bits per heavy atom. The second-order valence-electron chi connectivity index (χ2n) is 2.39. The van der Waals surface area contributed by atoms with Gasteiger partial charge in [-0.3, -0.25) is 10.1 Å². The van der Waals surface area contributed by atoms with Crippen molar-refractivity contribution in [3.05, 3.63) is 34.1 Å². The Morgan fingerprint density at radius 2 is 2.07 bits per heavy atom. The molecule has 4 nitrogen and oxygen atoms in total. The summed E-state index contributed by atoms with van der Waals surface area (Å²) in [6.45, 7) is 0. The van der Waals surface area contributed by atoms with Gasteiger partial charge in [0.2, 0.25) is 11.6 Å². The van der Waals surface area contributed by atoms with Gasteiger partial charge in [0.15, 0.2) is 0 Å². The Morgan fingerprint density at radius 3 is 2.53 bits per heavy atom. The number of nitro benzene ring substituents is 1. The molecule has 0 unspecified atom stereocenters. The number of nitro groups is 1. The molecule has 82 valence electrons. The van der Waals surface area contributed by atoms with Crippen LogP contribution in [0.1, 0.15) is 0 Å². The van der Waals surface area contributed by atoms with Gasteiger partial charge in [-0.2, -0.15) is 4.39 Å². The van der Waals surface area contributed by atoms with Gasteiger partial charge in [0.05, 0.1) is 4.92 Å². The van der Waals surface area contributed by atoms with Gasteiger partial charge < -0.3 is 4.74 Å². The molecule has 0 aromatic heterocycles. The quantitative estimate of drug-likeness (QED) is 0.464. The largest absolute Gasteiger partial charge is 0.487 e. The number of ether oxygens (including phenoxy) is 1. The van der Waals surface area contributed by atoms with E-state index in [2.05, 4.69) is 16.3 Å². The van der Waals surface area contributed by atoms with E-state index in [-0.39, 0.29) is 0 Å². The number of para-hydroxylation sites is 1. The van der Waals surface area contributed by atoms with Gasteiger partial charge in [-0.1, -0.05) is 6.07 Å². The molecule has 8 heteroatoms. The second kappa shape index (κ2) is 3.93. The van der Waals surface area contributed by atoms with Crippen LogP contribution in [0.15, 0.2) is 18.2 Å². The highest BCUT2D eigenvalue weighted by atomic mass is 35.5. The van der Waals surface area contributed by atoms with E-state index in [1.54, 1.807) is 0 Å². The zero-order valence-corrected chi connectivity index (χ0v) is 7.67. The highest BCUT2D eigenvalue weighted by Gasteiger charge is 2.32.